The van der Waals surface area contributed by atoms with Gasteiger partial charge in [-0.15, -0.1) is 0 Å². The Morgan fingerprint density at radius 2 is 1.86 bits per heavy atom. The highest BCUT2D eigenvalue weighted by atomic mass is 19.1. The Morgan fingerprint density at radius 1 is 1.14 bits per heavy atom. The molecule has 1 aromatic carbocycles. The molecule has 28 heavy (non-hydrogen) atoms. The van der Waals surface area contributed by atoms with E-state index in [0.29, 0.717) is 39.3 Å². The number of hydrogen-bond acceptors (Lipinski definition) is 3. The molecular formula is C22H25FN2O3. The number of nitrogens with zero attached hydrogens (tertiary/aromatic N) is 2. The van der Waals surface area contributed by atoms with E-state index in [2.05, 4.69) is 4.57 Å². The van der Waals surface area contributed by atoms with Crippen molar-refractivity contribution in [2.24, 2.45) is 0 Å². The molecule has 148 valence electrons. The van der Waals surface area contributed by atoms with Crippen LogP contribution in [0.25, 0.3) is 0 Å². The van der Waals surface area contributed by atoms with Crippen LogP contribution in [0.4, 0.5) is 4.39 Å². The third kappa shape index (κ3) is 3.61. The van der Waals surface area contributed by atoms with E-state index >= 15 is 0 Å². The minimum absolute atomic E-state index is 0.0477. The summed E-state index contributed by atoms with van der Waals surface area (Å²) in [4.78, 5) is 27.4. The van der Waals surface area contributed by atoms with Crippen molar-refractivity contribution in [3.05, 3.63) is 58.2 Å². The van der Waals surface area contributed by atoms with Crippen molar-refractivity contribution in [3.63, 3.8) is 0 Å². The fourth-order valence-electron chi connectivity index (χ4n) is 4.26. The lowest BCUT2D eigenvalue weighted by Crippen LogP contribution is -2.41. The third-order valence-electron chi connectivity index (χ3n) is 5.80. The first kappa shape index (κ1) is 18.9. The van der Waals surface area contributed by atoms with Crippen molar-refractivity contribution in [3.8, 4) is 0 Å². The van der Waals surface area contributed by atoms with E-state index in [1.165, 1.54) is 12.1 Å². The van der Waals surface area contributed by atoms with E-state index in [4.69, 9.17) is 4.74 Å². The molecule has 0 bridgehead atoms. The van der Waals surface area contributed by atoms with Gasteiger partial charge in [0.1, 0.15) is 5.82 Å². The number of hydrogen-bond donors (Lipinski definition) is 0. The molecule has 2 heterocycles. The minimum atomic E-state index is -0.262. The molecule has 1 aliphatic carbocycles. The van der Waals surface area contributed by atoms with Gasteiger partial charge in [0.25, 0.3) is 0 Å². The quantitative estimate of drug-likeness (QED) is 0.815. The monoisotopic (exact) mass is 384 g/mol. The first-order valence-corrected chi connectivity index (χ1v) is 9.88. The van der Waals surface area contributed by atoms with Crippen molar-refractivity contribution >= 4 is 11.7 Å². The molecule has 1 aliphatic heterocycles. The molecule has 0 saturated carbocycles. The van der Waals surface area contributed by atoms with Crippen LogP contribution >= 0.6 is 0 Å². The Kier molecular flexibility index (Phi) is 5.31. The van der Waals surface area contributed by atoms with Crippen LogP contribution in [0.15, 0.2) is 24.3 Å². The molecule has 0 N–H and O–H groups in total. The van der Waals surface area contributed by atoms with Crippen LogP contribution in [0.3, 0.4) is 0 Å². The zero-order chi connectivity index (χ0) is 19.7. The van der Waals surface area contributed by atoms with Crippen LogP contribution in [-0.2, 0) is 28.9 Å². The summed E-state index contributed by atoms with van der Waals surface area (Å²) >= 11 is 0. The van der Waals surface area contributed by atoms with Crippen LogP contribution < -0.4 is 0 Å². The summed E-state index contributed by atoms with van der Waals surface area (Å²) in [6.45, 7) is 4.89. The van der Waals surface area contributed by atoms with E-state index in [1.54, 1.807) is 12.1 Å². The largest absolute Gasteiger partial charge is 0.378 e. The summed E-state index contributed by atoms with van der Waals surface area (Å²) in [5, 5.41) is 0. The number of fused-ring (bicyclic) bond motifs is 1. The molecule has 2 aliphatic rings. The molecule has 4 rings (SSSR count). The number of morpholine rings is 1. The summed E-state index contributed by atoms with van der Waals surface area (Å²) < 4.78 is 20.7. The number of halogens is 1. The topological polar surface area (TPSA) is 51.5 Å². The predicted molar refractivity (Wildman–Crippen MR) is 103 cm³/mol. The molecule has 0 radical (unpaired) electrons. The highest BCUT2D eigenvalue weighted by Crippen LogP contribution is 2.31. The Morgan fingerprint density at radius 3 is 2.57 bits per heavy atom. The molecule has 2 aromatic rings. The first-order chi connectivity index (χ1) is 13.5. The first-order valence-electron chi connectivity index (χ1n) is 9.88. The van der Waals surface area contributed by atoms with Gasteiger partial charge in [-0.1, -0.05) is 12.1 Å². The Balaban J connectivity index is 1.67. The summed E-state index contributed by atoms with van der Waals surface area (Å²) in [6.07, 6.45) is 2.44. The molecule has 0 spiro atoms. The number of aromatic nitrogens is 1. The number of carbonyl (C=O) groups excluding carboxylic acids is 2. The van der Waals surface area contributed by atoms with Gasteiger partial charge in [0.2, 0.25) is 5.91 Å². The second kappa shape index (κ2) is 7.87. The average Bonchev–Trinajstić information content (AvgIpc) is 2.97. The summed E-state index contributed by atoms with van der Waals surface area (Å²) in [5.41, 5.74) is 4.56. The lowest BCUT2D eigenvalue weighted by molar-refractivity contribution is -0.134. The van der Waals surface area contributed by atoms with Gasteiger partial charge in [-0.3, -0.25) is 9.59 Å². The van der Waals surface area contributed by atoms with Crippen molar-refractivity contribution in [2.75, 3.05) is 26.3 Å². The van der Waals surface area contributed by atoms with E-state index in [-0.39, 0.29) is 23.9 Å². The Labute approximate surface area is 164 Å². The second-order valence-electron chi connectivity index (χ2n) is 7.54. The average molecular weight is 384 g/mol. The van der Waals surface area contributed by atoms with Crippen molar-refractivity contribution in [1.29, 1.82) is 0 Å². The summed E-state index contributed by atoms with van der Waals surface area (Å²) in [7, 11) is 0. The number of benzene rings is 1. The van der Waals surface area contributed by atoms with Crippen molar-refractivity contribution in [1.82, 2.24) is 9.47 Å². The van der Waals surface area contributed by atoms with Crippen LogP contribution in [0, 0.1) is 12.7 Å². The van der Waals surface area contributed by atoms with E-state index < -0.39 is 0 Å². The molecule has 6 heteroatoms. The Bertz CT molecular complexity index is 895. The fraction of sp³-hybridized carbons (Fsp3) is 0.455. The second-order valence-corrected chi connectivity index (χ2v) is 7.54. The number of carbonyl (C=O) groups is 2. The highest BCUT2D eigenvalue weighted by Gasteiger charge is 2.30. The number of amides is 1. The predicted octanol–water partition coefficient (Wildman–Crippen LogP) is 2.90. The molecule has 1 amide bonds. The zero-order valence-electron chi connectivity index (χ0n) is 16.2. The molecule has 0 atom stereocenters. The number of ketones is 1. The van der Waals surface area contributed by atoms with Crippen molar-refractivity contribution in [2.45, 2.75) is 39.2 Å². The van der Waals surface area contributed by atoms with E-state index in [0.717, 1.165) is 40.9 Å². The van der Waals surface area contributed by atoms with Crippen LogP contribution in [0.2, 0.25) is 0 Å². The zero-order valence-corrected chi connectivity index (χ0v) is 16.2. The molecule has 5 nitrogen and oxygen atoms in total. The smallest absolute Gasteiger partial charge is 0.227 e. The van der Waals surface area contributed by atoms with E-state index in [9.17, 15) is 14.0 Å². The maximum absolute atomic E-state index is 13.3. The highest BCUT2D eigenvalue weighted by molar-refractivity contribution is 6.01. The van der Waals surface area contributed by atoms with Crippen LogP contribution in [0.5, 0.6) is 0 Å². The minimum Gasteiger partial charge on any atom is -0.378 e. The van der Waals surface area contributed by atoms with Gasteiger partial charge in [0.15, 0.2) is 5.78 Å². The number of ether oxygens (including phenoxy) is 1. The van der Waals surface area contributed by atoms with Crippen LogP contribution in [-0.4, -0.2) is 47.5 Å². The molecule has 1 saturated heterocycles. The molecular weight excluding hydrogens is 359 g/mol. The SMILES string of the molecule is Cc1c(CC(=O)N2CCOCC2)c2c(n1Cc1ccc(F)cc1)CCCC2=O. The molecule has 1 aromatic heterocycles. The van der Waals surface area contributed by atoms with Crippen LogP contribution in [0.1, 0.15) is 45.7 Å². The van der Waals surface area contributed by atoms with Crippen molar-refractivity contribution < 1.29 is 18.7 Å². The van der Waals surface area contributed by atoms with Gasteiger partial charge < -0.3 is 14.2 Å². The van der Waals surface area contributed by atoms with Gasteiger partial charge in [-0.2, -0.15) is 0 Å². The summed E-state index contributed by atoms with van der Waals surface area (Å²) in [5.74, 6) is -0.0829. The number of Topliss-reactive ketones (excluding diaryl/α,β-unsaturated/α-hetero) is 1. The van der Waals surface area contributed by atoms with Gasteiger partial charge in [0.05, 0.1) is 19.6 Å². The lowest BCUT2D eigenvalue weighted by atomic mass is 9.92. The van der Waals surface area contributed by atoms with Gasteiger partial charge in [0, 0.05) is 43.0 Å². The standard InChI is InChI=1S/C22H25FN2O3/c1-15-18(13-21(27)24-9-11-28-12-10-24)22-19(3-2-4-20(22)26)25(15)14-16-5-7-17(23)8-6-16/h5-8H,2-4,9-14H2,1H3. The normalized spacial score (nSPS) is 16.9. The summed E-state index contributed by atoms with van der Waals surface area (Å²) in [6, 6.07) is 6.44. The van der Waals surface area contributed by atoms with Gasteiger partial charge in [-0.25, -0.2) is 4.39 Å². The Hall–Kier alpha value is -2.47. The van der Waals surface area contributed by atoms with Gasteiger partial charge in [-0.05, 0) is 43.0 Å². The molecule has 0 unspecified atom stereocenters. The maximum atomic E-state index is 13.3. The fourth-order valence-corrected chi connectivity index (χ4v) is 4.26. The lowest BCUT2D eigenvalue weighted by Gasteiger charge is -2.27. The maximum Gasteiger partial charge on any atom is 0.227 e. The van der Waals surface area contributed by atoms with Gasteiger partial charge >= 0.3 is 0 Å². The van der Waals surface area contributed by atoms with E-state index in [1.807, 2.05) is 11.8 Å². The third-order valence-corrected chi connectivity index (χ3v) is 5.80. The molecule has 1 fully saturated rings. The number of rotatable bonds is 4.